The van der Waals surface area contributed by atoms with Gasteiger partial charge in [0.15, 0.2) is 0 Å². The van der Waals surface area contributed by atoms with Crippen molar-refractivity contribution in [3.63, 3.8) is 0 Å². The number of ether oxygens (including phenoxy) is 5. The minimum absolute atomic E-state index is 0. The summed E-state index contributed by atoms with van der Waals surface area (Å²) >= 11 is 0. The maximum atomic E-state index is 13.5. The molecule has 16 bridgehead atoms. The van der Waals surface area contributed by atoms with Crippen molar-refractivity contribution in [2.24, 2.45) is 35.2 Å². The number of imidazole rings is 5. The number of carbonyl (C=O) groups is 6. The van der Waals surface area contributed by atoms with Crippen LogP contribution in [0.2, 0.25) is 0 Å². The summed E-state index contributed by atoms with van der Waals surface area (Å²) in [5.74, 6) is 0.844. The molecular formula is C85H79MnN20O11+2. The Balaban J connectivity index is 0.000000158. The van der Waals surface area contributed by atoms with Gasteiger partial charge in [0, 0.05) is 113 Å². The van der Waals surface area contributed by atoms with Crippen LogP contribution < -0.4 is 14.5 Å². The molecule has 4 aliphatic heterocycles. The van der Waals surface area contributed by atoms with Crippen LogP contribution in [0.3, 0.4) is 0 Å². The Hall–Kier alpha value is -14.7. The minimum atomic E-state index is -0.803. The van der Waals surface area contributed by atoms with Gasteiger partial charge in [-0.25, -0.2) is 73.4 Å². The van der Waals surface area contributed by atoms with E-state index in [1.165, 1.54) is 0 Å². The van der Waals surface area contributed by atoms with Crippen LogP contribution in [0.25, 0.3) is 138 Å². The van der Waals surface area contributed by atoms with Crippen LogP contribution >= 0.6 is 0 Å². The van der Waals surface area contributed by atoms with E-state index in [-0.39, 0.29) is 73.4 Å². The predicted octanol–water partition coefficient (Wildman–Crippen LogP) is 12.3. The topological polar surface area (TPSA) is 382 Å². The first-order valence-electron chi connectivity index (χ1n) is 37.1. The zero-order valence-corrected chi connectivity index (χ0v) is 66.4. The largest absolute Gasteiger partial charge is 3.00 e. The fourth-order valence-electron chi connectivity index (χ4n) is 13.7. The van der Waals surface area contributed by atoms with Gasteiger partial charge in [-0.05, 0) is 132 Å². The van der Waals surface area contributed by atoms with E-state index in [2.05, 4.69) is 61.7 Å². The first kappa shape index (κ1) is 80.4. The molecule has 0 fully saturated rings. The van der Waals surface area contributed by atoms with E-state index in [1.807, 2.05) is 162 Å². The smallest absolute Gasteiger partial charge is 0.656 e. The number of rotatable bonds is 17. The maximum Gasteiger partial charge on any atom is 3.00 e. The summed E-state index contributed by atoms with van der Waals surface area (Å²) in [6.07, 6.45) is 36.5. The summed E-state index contributed by atoms with van der Waals surface area (Å²) in [5, 5.41) is 0. The Kier molecular flexibility index (Phi) is 24.5. The summed E-state index contributed by atoms with van der Waals surface area (Å²) in [4.78, 5) is 138. The number of nitrogens with one attached hydrogen (secondary N) is 5. The zero-order valence-electron chi connectivity index (χ0n) is 65.2. The third-order valence-electron chi connectivity index (χ3n) is 18.9. The number of esters is 5. The number of hydrogen-bond donors (Lipinski definition) is 5. The van der Waals surface area contributed by atoms with Gasteiger partial charge in [0.05, 0.1) is 130 Å². The second kappa shape index (κ2) is 35.6. The van der Waals surface area contributed by atoms with Crippen LogP contribution in [0, 0.1) is 0 Å². The molecule has 31 nitrogen and oxygen atoms in total. The minimum Gasteiger partial charge on any atom is -0.656 e. The molecule has 590 valence electrons. The van der Waals surface area contributed by atoms with Crippen LogP contribution in [0.5, 0.6) is 0 Å². The van der Waals surface area contributed by atoms with E-state index in [0.717, 1.165) is 28.6 Å². The van der Waals surface area contributed by atoms with Crippen molar-refractivity contribution in [1.29, 1.82) is 0 Å². The van der Waals surface area contributed by atoms with Crippen molar-refractivity contribution in [3.8, 4) is 45.6 Å². The second-order valence-electron chi connectivity index (χ2n) is 26.2. The number of carbonyl (C=O) groups excluding carboxylic acids is 6. The van der Waals surface area contributed by atoms with Crippen LogP contribution in [-0.4, -0.2) is 152 Å². The number of aromatic amines is 5. The van der Waals surface area contributed by atoms with Crippen LogP contribution in [0.15, 0.2) is 147 Å². The first-order chi connectivity index (χ1) is 56.4. The molecule has 5 N–H and O–H groups in total. The molecule has 0 amide bonds. The fraction of sp³-hybridized carbons (Fsp3) is 0.188. The molecule has 0 atom stereocenters. The van der Waals surface area contributed by atoms with Gasteiger partial charge in [0.1, 0.15) is 52.4 Å². The molecule has 0 unspecified atom stereocenters. The van der Waals surface area contributed by atoms with Gasteiger partial charge in [0.25, 0.3) is 5.82 Å². The Morgan fingerprint density at radius 3 is 1.14 bits per heavy atom. The average molecular weight is 1610 g/mol. The molecule has 0 radical (unpaired) electrons. The summed E-state index contributed by atoms with van der Waals surface area (Å²) in [6.45, 7) is 9.70. The Bertz CT molecular complexity index is 5750. The molecule has 17 rings (SSSR count). The number of nitrogens with zero attached hydrogens (tertiary/aromatic N) is 15. The molecule has 0 saturated heterocycles. The number of fused-ring (bicyclic) bond motifs is 16. The molecule has 0 saturated carbocycles. The predicted molar refractivity (Wildman–Crippen MR) is 435 cm³/mol. The van der Waals surface area contributed by atoms with Crippen molar-refractivity contribution < 1.29 is 74.1 Å². The summed E-state index contributed by atoms with van der Waals surface area (Å²) in [5.41, 5.74) is 14.1. The van der Waals surface area contributed by atoms with Crippen molar-refractivity contribution >= 4 is 129 Å². The molecule has 0 aromatic carbocycles. The van der Waals surface area contributed by atoms with E-state index in [4.69, 9.17) is 48.9 Å². The summed E-state index contributed by atoms with van der Waals surface area (Å²) in [6, 6.07) is 22.7. The van der Waals surface area contributed by atoms with Gasteiger partial charge in [-0.2, -0.15) is 0 Å². The van der Waals surface area contributed by atoms with Crippen LogP contribution in [0.4, 0.5) is 0 Å². The number of aldehydes is 1. The van der Waals surface area contributed by atoms with Crippen molar-refractivity contribution in [1.82, 2.24) is 93.0 Å². The average Bonchev–Trinajstić information content (AvgIpc) is 1.62. The molecule has 17 heterocycles. The van der Waals surface area contributed by atoms with E-state index in [1.54, 1.807) is 114 Å². The molecule has 4 aliphatic rings. The molecule has 117 heavy (non-hydrogen) atoms. The molecule has 13 aromatic rings. The standard InChI is InChI=1S/C34H30N8O4.C34H29N8O4.C13H14N4.C4H6O3.Mn/c2*1-5-45-33(43)29-23-11-7-19(37-23)27(31-35-15-17-41(31)3)21-9-13-25(39-21)30(34(44)46-6-2)26-14-10-22(40-26)28(20-8-12-24(29)38-20)32-36-16-18-42(32)4;1-17-9-8-16-13(17)12(10-4-2-6-14-10)11-5-3-7-15-11;1-2-7-4(6)3-5;/h7-18H,5-6H2,1-4H3,(H2,35,36,37,38,39,40,43,44);7-18H,5-6H2,1-4H3,(H-,35,36,37,38,39,40,43,44);2-9,12,14-15H,1H3;3H,2H2,1H3;/q;-1;;;+3. The normalized spacial score (nSPS) is 11.6. The quantitative estimate of drug-likeness (QED) is 0.0141. The monoisotopic (exact) mass is 1610 g/mol. The van der Waals surface area contributed by atoms with Gasteiger partial charge in [0.2, 0.25) is 6.29 Å². The molecule has 32 heteroatoms. The molecule has 0 spiro atoms. The van der Waals surface area contributed by atoms with E-state index < -0.39 is 29.8 Å². The van der Waals surface area contributed by atoms with Gasteiger partial charge in [-0.15, -0.1) is 22.1 Å². The summed E-state index contributed by atoms with van der Waals surface area (Å²) < 4.78 is 35.8. The second-order valence-corrected chi connectivity index (χ2v) is 26.2. The van der Waals surface area contributed by atoms with Crippen molar-refractivity contribution in [2.45, 2.75) is 40.5 Å². The molecule has 13 aromatic heterocycles. The van der Waals surface area contributed by atoms with E-state index in [0.29, 0.717) is 135 Å². The van der Waals surface area contributed by atoms with Crippen molar-refractivity contribution in [2.75, 3.05) is 33.0 Å². The Labute approximate surface area is 678 Å². The van der Waals surface area contributed by atoms with Crippen molar-refractivity contribution in [3.05, 3.63) is 232 Å². The third kappa shape index (κ3) is 16.5. The Morgan fingerprint density at radius 1 is 0.419 bits per heavy atom. The zero-order chi connectivity index (χ0) is 81.3. The van der Waals surface area contributed by atoms with Crippen LogP contribution in [0.1, 0.15) is 145 Å². The van der Waals surface area contributed by atoms with Gasteiger partial charge in [-0.3, -0.25) is 4.79 Å². The van der Waals surface area contributed by atoms with Gasteiger partial charge >= 0.3 is 46.9 Å². The van der Waals surface area contributed by atoms with E-state index >= 15 is 0 Å². The number of aryl methyl sites for hydroxylation is 5. The number of aromatic nitrogens is 20. The van der Waals surface area contributed by atoms with E-state index in [9.17, 15) is 28.8 Å². The SMILES string of the molecule is CCOC(=O)C=O.CCOC(=O)c1c2nc(c(-c3[nH]cc[n+]3C)c3ccc([nH]3)c(C(=O)OCC)c3nc(c(-c4nccn4C)c4ccc1[nH]4)C=C3)C=C2.CCOC(=O)c1c2nc(c(-c3nccn3C)c3ccc([n-]3)c(C(=O)OCC)c3nc(c(-c4nccn4C)c4ccc1[n-]4)C=C3)C=C2.Cn1ccnc1C(c1ccc[nH]1)c1ccc[nH]1.[Mn+3]. The molecule has 0 aliphatic carbocycles. The molecular weight excluding hydrogens is 1530 g/mol. The van der Waals surface area contributed by atoms with Crippen LogP contribution in [-0.2, 0) is 85.6 Å². The number of hydrogen-bond acceptors (Lipinski definition) is 19. The number of H-pyrrole nitrogens is 5. The third-order valence-corrected chi connectivity index (χ3v) is 18.9. The van der Waals surface area contributed by atoms with Gasteiger partial charge in [-0.1, -0.05) is 24.3 Å². The Morgan fingerprint density at radius 2 is 0.778 bits per heavy atom. The fourth-order valence-corrected chi connectivity index (χ4v) is 13.7. The maximum absolute atomic E-state index is 13.5. The summed E-state index contributed by atoms with van der Waals surface area (Å²) in [7, 11) is 9.57. The van der Waals surface area contributed by atoms with Gasteiger partial charge < -0.3 is 71.9 Å². The first-order valence-corrected chi connectivity index (χ1v) is 37.1.